The number of carbonyl (C=O) groups excluding carboxylic acids is 2. The topological polar surface area (TPSA) is 55.4 Å². The Morgan fingerprint density at radius 3 is 2.20 bits per heavy atom. The van der Waals surface area contributed by atoms with Gasteiger partial charge in [0.1, 0.15) is 5.41 Å². The van der Waals surface area contributed by atoms with Crippen LogP contribution in [0.3, 0.4) is 0 Å². The first-order chi connectivity index (χ1) is 14.2. The molecule has 4 nitrogen and oxygen atoms in total. The third-order valence-corrected chi connectivity index (χ3v) is 6.33. The van der Waals surface area contributed by atoms with E-state index in [1.54, 1.807) is 17.8 Å². The van der Waals surface area contributed by atoms with Gasteiger partial charge in [-0.3, -0.25) is 9.59 Å². The third kappa shape index (κ3) is 9.38. The second-order valence-corrected chi connectivity index (χ2v) is 9.46. The predicted octanol–water partition coefficient (Wildman–Crippen LogP) is 5.76. The summed E-state index contributed by atoms with van der Waals surface area (Å²) in [7, 11) is 1.33. The van der Waals surface area contributed by atoms with E-state index in [0.717, 1.165) is 37.2 Å². The van der Waals surface area contributed by atoms with E-state index in [-0.39, 0.29) is 11.9 Å². The van der Waals surface area contributed by atoms with E-state index in [1.165, 1.54) is 23.8 Å². The van der Waals surface area contributed by atoms with Crippen molar-refractivity contribution in [2.24, 2.45) is 5.41 Å². The molecule has 1 aliphatic rings. The average Bonchev–Trinajstić information content (AvgIpc) is 3.51. The van der Waals surface area contributed by atoms with Crippen LogP contribution in [-0.4, -0.2) is 36.5 Å². The molecule has 0 aromatic carbocycles. The smallest absolute Gasteiger partial charge is 0.321 e. The molecule has 168 valence electrons. The molecule has 0 bridgehead atoms. The standard InChI is InChI=1S/C25H39NO3S/c1-7-22(26-23(27)25(15-16-25)24(28)29-6)18-30-17-14-21(5)13-9-12-20(4)11-8-10-19(2)3/h7,10,12,14,22H,1,8-9,11,13,15-18H2,2-6H3,(H,26,27)/b20-12+,21-14+. The van der Waals surface area contributed by atoms with Crippen LogP contribution >= 0.6 is 11.8 Å². The highest BCUT2D eigenvalue weighted by molar-refractivity contribution is 7.99. The summed E-state index contributed by atoms with van der Waals surface area (Å²) in [5, 5.41) is 2.93. The number of amides is 1. The largest absolute Gasteiger partial charge is 0.468 e. The van der Waals surface area contributed by atoms with Gasteiger partial charge in [-0.05, 0) is 66.2 Å². The number of methoxy groups -OCH3 is 1. The number of nitrogens with one attached hydrogen (secondary N) is 1. The first-order valence-electron chi connectivity index (χ1n) is 10.8. The fourth-order valence-electron chi connectivity index (χ4n) is 3.05. The molecular formula is C25H39NO3S. The summed E-state index contributed by atoms with van der Waals surface area (Å²) in [6.07, 6.45) is 14.2. The van der Waals surface area contributed by atoms with Crippen LogP contribution in [-0.2, 0) is 14.3 Å². The van der Waals surface area contributed by atoms with Gasteiger partial charge in [-0.1, -0.05) is 41.0 Å². The fourth-order valence-corrected chi connectivity index (χ4v) is 4.07. The van der Waals surface area contributed by atoms with Gasteiger partial charge < -0.3 is 10.1 Å². The van der Waals surface area contributed by atoms with Crippen LogP contribution in [0.4, 0.5) is 0 Å². The maximum Gasteiger partial charge on any atom is 0.321 e. The van der Waals surface area contributed by atoms with Gasteiger partial charge in [0, 0.05) is 11.5 Å². The van der Waals surface area contributed by atoms with Crippen molar-refractivity contribution in [2.75, 3.05) is 18.6 Å². The van der Waals surface area contributed by atoms with Crippen molar-refractivity contribution < 1.29 is 14.3 Å². The number of esters is 1. The fraction of sp³-hybridized carbons (Fsp3) is 0.600. The van der Waals surface area contributed by atoms with Gasteiger partial charge in [-0.15, -0.1) is 6.58 Å². The quantitative estimate of drug-likeness (QED) is 0.164. The molecule has 0 saturated heterocycles. The van der Waals surface area contributed by atoms with Crippen LogP contribution in [0.2, 0.25) is 0 Å². The molecule has 30 heavy (non-hydrogen) atoms. The van der Waals surface area contributed by atoms with E-state index in [1.807, 2.05) is 0 Å². The van der Waals surface area contributed by atoms with Crippen molar-refractivity contribution in [1.82, 2.24) is 5.32 Å². The van der Waals surface area contributed by atoms with Crippen molar-refractivity contribution in [3.63, 3.8) is 0 Å². The molecule has 0 aliphatic heterocycles. The van der Waals surface area contributed by atoms with Crippen molar-refractivity contribution in [3.05, 3.63) is 47.6 Å². The summed E-state index contributed by atoms with van der Waals surface area (Å²) in [6.45, 7) is 12.5. The zero-order valence-electron chi connectivity index (χ0n) is 19.4. The first-order valence-corrected chi connectivity index (χ1v) is 11.9. The highest BCUT2D eigenvalue weighted by Crippen LogP contribution is 2.47. The van der Waals surface area contributed by atoms with Gasteiger partial charge in [0.05, 0.1) is 13.2 Å². The zero-order valence-corrected chi connectivity index (χ0v) is 20.2. The Balaban J connectivity index is 2.30. The van der Waals surface area contributed by atoms with Gasteiger partial charge in [0.2, 0.25) is 5.91 Å². The first kappa shape index (κ1) is 26.3. The van der Waals surface area contributed by atoms with E-state index in [4.69, 9.17) is 4.74 Å². The molecule has 0 spiro atoms. The Labute approximate surface area is 187 Å². The van der Waals surface area contributed by atoms with Crippen LogP contribution in [0, 0.1) is 5.41 Å². The summed E-state index contributed by atoms with van der Waals surface area (Å²) in [6, 6.07) is -0.148. The Morgan fingerprint density at radius 2 is 1.67 bits per heavy atom. The molecule has 1 saturated carbocycles. The van der Waals surface area contributed by atoms with Crippen molar-refractivity contribution in [1.29, 1.82) is 0 Å². The number of thioether (sulfide) groups is 1. The van der Waals surface area contributed by atoms with Gasteiger partial charge in [-0.25, -0.2) is 0 Å². The predicted molar refractivity (Wildman–Crippen MR) is 129 cm³/mol. The number of rotatable bonds is 14. The minimum atomic E-state index is -0.964. The lowest BCUT2D eigenvalue weighted by Gasteiger charge is -2.18. The van der Waals surface area contributed by atoms with Crippen molar-refractivity contribution >= 4 is 23.6 Å². The molecule has 0 radical (unpaired) electrons. The Hall–Kier alpha value is -1.75. The normalized spacial score (nSPS) is 16.4. The monoisotopic (exact) mass is 433 g/mol. The molecule has 5 heteroatoms. The second-order valence-electron chi connectivity index (χ2n) is 8.39. The van der Waals surface area contributed by atoms with E-state index >= 15 is 0 Å². The highest BCUT2D eigenvalue weighted by Gasteiger charge is 2.57. The molecule has 1 fully saturated rings. The van der Waals surface area contributed by atoms with Crippen LogP contribution in [0.15, 0.2) is 47.6 Å². The minimum absolute atomic E-state index is 0.148. The molecule has 1 unspecified atom stereocenters. The summed E-state index contributed by atoms with van der Waals surface area (Å²) >= 11 is 1.75. The van der Waals surface area contributed by atoms with E-state index < -0.39 is 11.4 Å². The maximum absolute atomic E-state index is 12.4. The van der Waals surface area contributed by atoms with E-state index in [9.17, 15) is 9.59 Å². The summed E-state index contributed by atoms with van der Waals surface area (Å²) in [5.74, 6) is 0.963. The molecule has 0 aromatic heterocycles. The van der Waals surface area contributed by atoms with Crippen LogP contribution in [0.1, 0.15) is 66.2 Å². The lowest BCUT2D eigenvalue weighted by Crippen LogP contribution is -2.43. The number of hydrogen-bond acceptors (Lipinski definition) is 4. The van der Waals surface area contributed by atoms with Crippen molar-refractivity contribution in [3.8, 4) is 0 Å². The number of hydrogen-bond donors (Lipinski definition) is 1. The van der Waals surface area contributed by atoms with Crippen LogP contribution in [0.5, 0.6) is 0 Å². The SMILES string of the molecule is C=CC(CSC/C=C(\C)CC/C=C(\C)CCC=C(C)C)NC(=O)C1(C(=O)OC)CC1. The maximum atomic E-state index is 12.4. The highest BCUT2D eigenvalue weighted by atomic mass is 32.2. The lowest BCUT2D eigenvalue weighted by atomic mass is 10.1. The number of ether oxygens (including phenoxy) is 1. The molecular weight excluding hydrogens is 394 g/mol. The van der Waals surface area contributed by atoms with Crippen LogP contribution in [0.25, 0.3) is 0 Å². The van der Waals surface area contributed by atoms with Crippen LogP contribution < -0.4 is 5.32 Å². The second kappa shape index (κ2) is 13.5. The Kier molecular flexibility index (Phi) is 11.9. The van der Waals surface area contributed by atoms with Crippen molar-refractivity contribution in [2.45, 2.75) is 72.3 Å². The summed E-state index contributed by atoms with van der Waals surface area (Å²) < 4.78 is 4.77. The molecule has 1 atom stereocenters. The molecule has 1 aliphatic carbocycles. The number of allylic oxidation sites excluding steroid dienone is 5. The summed E-state index contributed by atoms with van der Waals surface area (Å²) in [4.78, 5) is 24.2. The lowest BCUT2D eigenvalue weighted by molar-refractivity contribution is -0.152. The van der Waals surface area contributed by atoms with Gasteiger partial charge in [0.25, 0.3) is 0 Å². The van der Waals surface area contributed by atoms with Gasteiger partial charge >= 0.3 is 5.97 Å². The average molecular weight is 434 g/mol. The molecule has 1 rings (SSSR count). The van der Waals surface area contributed by atoms with E-state index in [0.29, 0.717) is 12.8 Å². The molecule has 0 heterocycles. The number of carbonyl (C=O) groups is 2. The third-order valence-electron chi connectivity index (χ3n) is 5.33. The van der Waals surface area contributed by atoms with Gasteiger partial charge in [0.15, 0.2) is 0 Å². The van der Waals surface area contributed by atoms with E-state index in [2.05, 4.69) is 57.8 Å². The summed E-state index contributed by atoms with van der Waals surface area (Å²) in [5.41, 5.74) is 3.26. The Morgan fingerprint density at radius 1 is 1.07 bits per heavy atom. The molecule has 0 aromatic rings. The minimum Gasteiger partial charge on any atom is -0.468 e. The van der Waals surface area contributed by atoms with Gasteiger partial charge in [-0.2, -0.15) is 11.8 Å². The zero-order chi connectivity index (χ0) is 22.6. The Bertz CT molecular complexity index is 683. The molecule has 1 amide bonds. The molecule has 1 N–H and O–H groups in total.